The Balaban J connectivity index is 1.78. The third kappa shape index (κ3) is 4.09. The van der Waals surface area contributed by atoms with E-state index in [4.69, 9.17) is 0 Å². The Morgan fingerprint density at radius 3 is 1.89 bits per heavy atom. The van der Waals surface area contributed by atoms with Gasteiger partial charge in [0.25, 0.3) is 0 Å². The van der Waals surface area contributed by atoms with E-state index in [0.717, 1.165) is 28.5 Å². The average Bonchev–Trinajstić information content (AvgIpc) is 2.72. The van der Waals surface area contributed by atoms with Gasteiger partial charge in [-0.1, -0.05) is 47.1 Å². The molecule has 0 heterocycles. The van der Waals surface area contributed by atoms with E-state index in [1.807, 2.05) is 53.7 Å². The summed E-state index contributed by atoms with van der Waals surface area (Å²) < 4.78 is 0. The molecule has 0 atom stereocenters. The van der Waals surface area contributed by atoms with E-state index in [1.165, 1.54) is 43.8 Å². The number of aromatic hydroxyl groups is 2. The van der Waals surface area contributed by atoms with Crippen LogP contribution in [0.25, 0.3) is 5.57 Å². The monoisotopic (exact) mass is 474 g/mol. The van der Waals surface area contributed by atoms with Gasteiger partial charge >= 0.3 is 0 Å². The predicted octanol–water partition coefficient (Wildman–Crippen LogP) is 6.66. The summed E-state index contributed by atoms with van der Waals surface area (Å²) in [6.45, 7) is 11.9. The maximum Gasteiger partial charge on any atom is 0.229 e. The third-order valence-corrected chi connectivity index (χ3v) is 8.64. The zero-order valence-corrected chi connectivity index (χ0v) is 21.9. The number of phenols is 2. The number of allylic oxidation sites excluding steroid dienone is 6. The van der Waals surface area contributed by atoms with Crippen molar-refractivity contribution in [2.24, 2.45) is 29.1 Å². The lowest BCUT2D eigenvalue weighted by Gasteiger charge is -2.52. The van der Waals surface area contributed by atoms with E-state index < -0.39 is 17.0 Å². The number of hydrogen-bond donors (Lipinski definition) is 2. The van der Waals surface area contributed by atoms with Crippen LogP contribution in [0.3, 0.4) is 0 Å². The molecule has 0 amide bonds. The molecule has 4 heteroatoms. The van der Waals surface area contributed by atoms with Crippen LogP contribution in [0.1, 0.15) is 84.8 Å². The van der Waals surface area contributed by atoms with Gasteiger partial charge < -0.3 is 10.2 Å². The van der Waals surface area contributed by atoms with Crippen LogP contribution >= 0.6 is 0 Å². The van der Waals surface area contributed by atoms with Crippen molar-refractivity contribution in [2.75, 3.05) is 0 Å². The van der Waals surface area contributed by atoms with Gasteiger partial charge in [-0.15, -0.1) is 0 Å². The highest BCUT2D eigenvalue weighted by Crippen LogP contribution is 2.59. The molecule has 0 spiro atoms. The van der Waals surface area contributed by atoms with Gasteiger partial charge in [-0.2, -0.15) is 0 Å². The molecule has 4 nitrogen and oxygen atoms in total. The van der Waals surface area contributed by atoms with Crippen molar-refractivity contribution < 1.29 is 19.8 Å². The second-order valence-corrected chi connectivity index (χ2v) is 13.4. The normalized spacial score (nSPS) is 28.3. The molecule has 35 heavy (non-hydrogen) atoms. The van der Waals surface area contributed by atoms with Crippen LogP contribution in [-0.4, -0.2) is 21.8 Å². The van der Waals surface area contributed by atoms with Crippen LogP contribution in [-0.2, 0) is 15.0 Å². The van der Waals surface area contributed by atoms with E-state index in [0.29, 0.717) is 23.0 Å². The second kappa shape index (κ2) is 7.94. The Morgan fingerprint density at radius 1 is 0.800 bits per heavy atom. The fraction of sp³-hybridized carbons (Fsp3) is 0.548. The van der Waals surface area contributed by atoms with Gasteiger partial charge in [0, 0.05) is 11.1 Å². The highest BCUT2D eigenvalue weighted by atomic mass is 16.3. The van der Waals surface area contributed by atoms with Gasteiger partial charge in [0.1, 0.15) is 0 Å². The van der Waals surface area contributed by atoms with Crippen molar-refractivity contribution in [1.82, 2.24) is 0 Å². The van der Waals surface area contributed by atoms with E-state index in [1.54, 1.807) is 6.07 Å². The van der Waals surface area contributed by atoms with E-state index in [2.05, 4.69) is 0 Å². The second-order valence-electron chi connectivity index (χ2n) is 13.4. The largest absolute Gasteiger partial charge is 0.504 e. The van der Waals surface area contributed by atoms with Gasteiger partial charge in [-0.05, 0) is 108 Å². The van der Waals surface area contributed by atoms with Crippen molar-refractivity contribution in [3.8, 4) is 11.5 Å². The first-order chi connectivity index (χ1) is 16.2. The first-order valence-corrected chi connectivity index (χ1v) is 13.1. The van der Waals surface area contributed by atoms with Crippen LogP contribution in [0.4, 0.5) is 0 Å². The molecule has 0 unspecified atom stereocenters. The van der Waals surface area contributed by atoms with Crippen LogP contribution in [0.2, 0.25) is 0 Å². The van der Waals surface area contributed by atoms with Gasteiger partial charge in [0.15, 0.2) is 11.5 Å². The molecule has 4 saturated carbocycles. The van der Waals surface area contributed by atoms with Gasteiger partial charge in [0.05, 0.1) is 0 Å². The maximum atomic E-state index is 13.0. The number of carbonyl (C=O) groups excluding carboxylic acids is 2. The molecule has 1 aromatic carbocycles. The summed E-state index contributed by atoms with van der Waals surface area (Å²) in [6, 6.07) is 3.62. The van der Waals surface area contributed by atoms with Crippen LogP contribution < -0.4 is 0 Å². The first kappa shape index (κ1) is 24.1. The average molecular weight is 475 g/mol. The summed E-state index contributed by atoms with van der Waals surface area (Å²) in [5.41, 5.74) is 4.34. The topological polar surface area (TPSA) is 74.6 Å². The Morgan fingerprint density at radius 2 is 1.37 bits per heavy atom. The summed E-state index contributed by atoms with van der Waals surface area (Å²) in [4.78, 5) is 25.8. The number of carbonyl (C=O) groups is 2. The Kier molecular flexibility index (Phi) is 5.47. The fourth-order valence-electron chi connectivity index (χ4n) is 7.24. The lowest BCUT2D eigenvalue weighted by Crippen LogP contribution is -2.41. The molecular weight excluding hydrogens is 436 g/mol. The third-order valence-electron chi connectivity index (χ3n) is 8.64. The number of rotatable bonds is 2. The zero-order chi connectivity index (χ0) is 25.4. The minimum atomic E-state index is -0.478. The Hall–Kier alpha value is -2.62. The van der Waals surface area contributed by atoms with Crippen LogP contribution in [0.15, 0.2) is 41.0 Å². The molecule has 2 N–H and O–H groups in total. The van der Waals surface area contributed by atoms with Gasteiger partial charge in [0.2, 0.25) is 11.6 Å². The number of ketones is 2. The van der Waals surface area contributed by atoms with Gasteiger partial charge in [-0.3, -0.25) is 9.59 Å². The fourth-order valence-corrected chi connectivity index (χ4v) is 7.24. The molecule has 4 bridgehead atoms. The van der Waals surface area contributed by atoms with E-state index in [9.17, 15) is 19.8 Å². The lowest BCUT2D eigenvalue weighted by atomic mass is 9.53. The van der Waals surface area contributed by atoms with Crippen molar-refractivity contribution >= 4 is 17.1 Å². The summed E-state index contributed by atoms with van der Waals surface area (Å²) in [6.07, 6.45) is 9.48. The van der Waals surface area contributed by atoms with Crippen LogP contribution in [0, 0.1) is 29.1 Å². The SMILES string of the molecule is CC(C)(C)C1=CC(C(=C2C3CC4CC(C3)CC2C4)c2cc(O)c(O)c(C(C)(C)C)c2)=CC(=O)C1=O. The van der Waals surface area contributed by atoms with Crippen LogP contribution in [0.5, 0.6) is 11.5 Å². The quantitative estimate of drug-likeness (QED) is 0.286. The lowest BCUT2D eigenvalue weighted by molar-refractivity contribution is -0.132. The first-order valence-electron chi connectivity index (χ1n) is 13.1. The standard InChI is InChI=1S/C31H38O4/c1-30(2,3)22-12-20(14-24(32)28(22)34)27(21-13-23(31(4,5)6)29(35)25(33)15-21)26-18-8-16-7-17(10-18)11-19(26)9-16/h12-19,32,34H,7-11H2,1-6H3. The van der Waals surface area contributed by atoms with Crippen molar-refractivity contribution in [1.29, 1.82) is 0 Å². The molecule has 5 aliphatic rings. The molecule has 6 rings (SSSR count). The van der Waals surface area contributed by atoms with E-state index >= 15 is 0 Å². The highest BCUT2D eigenvalue weighted by Gasteiger charge is 2.47. The number of hydrogen-bond acceptors (Lipinski definition) is 4. The number of phenolic OH excluding ortho intramolecular Hbond substituents is 2. The number of Topliss-reactive ketones (excluding diaryl/α,β-unsaturated/α-hetero) is 1. The van der Waals surface area contributed by atoms with Crippen molar-refractivity contribution in [3.05, 3.63) is 52.1 Å². The van der Waals surface area contributed by atoms with Crippen molar-refractivity contribution in [2.45, 2.75) is 79.1 Å². The highest BCUT2D eigenvalue weighted by molar-refractivity contribution is 6.49. The summed E-state index contributed by atoms with van der Waals surface area (Å²) in [7, 11) is 0. The molecule has 0 aromatic heterocycles. The molecule has 0 radical (unpaired) electrons. The summed E-state index contributed by atoms with van der Waals surface area (Å²) in [5.74, 6) is 1.35. The van der Waals surface area contributed by atoms with E-state index in [-0.39, 0.29) is 16.9 Å². The van der Waals surface area contributed by atoms with Crippen molar-refractivity contribution in [3.63, 3.8) is 0 Å². The number of benzene rings is 1. The molecule has 186 valence electrons. The summed E-state index contributed by atoms with van der Waals surface area (Å²) >= 11 is 0. The predicted molar refractivity (Wildman–Crippen MR) is 138 cm³/mol. The maximum absolute atomic E-state index is 13.0. The molecule has 1 aromatic rings. The minimum absolute atomic E-state index is 0.0921. The molecule has 0 saturated heterocycles. The molecular formula is C31H38O4. The minimum Gasteiger partial charge on any atom is -0.504 e. The molecule has 4 fully saturated rings. The smallest absolute Gasteiger partial charge is 0.229 e. The molecule has 5 aliphatic carbocycles. The zero-order valence-electron chi connectivity index (χ0n) is 21.9. The van der Waals surface area contributed by atoms with Gasteiger partial charge in [-0.25, -0.2) is 0 Å². The Bertz CT molecular complexity index is 1180. The molecule has 0 aliphatic heterocycles. The Labute approximate surface area is 208 Å². The summed E-state index contributed by atoms with van der Waals surface area (Å²) in [5, 5.41) is 21.5.